The molecular weight excluding hydrogens is 270 g/mol. The van der Waals surface area contributed by atoms with Crippen molar-refractivity contribution in [3.63, 3.8) is 0 Å². The third kappa shape index (κ3) is 1.86. The van der Waals surface area contributed by atoms with Gasteiger partial charge in [-0.25, -0.2) is 0 Å². The van der Waals surface area contributed by atoms with Crippen LogP contribution in [0.3, 0.4) is 0 Å². The number of rotatable bonds is 3. The number of ether oxygens (including phenoxy) is 1. The predicted octanol–water partition coefficient (Wildman–Crippen LogP) is 4.36. The van der Waals surface area contributed by atoms with Gasteiger partial charge in [0.25, 0.3) is 0 Å². The summed E-state index contributed by atoms with van der Waals surface area (Å²) in [5, 5.41) is 0. The molecule has 22 heavy (non-hydrogen) atoms. The quantitative estimate of drug-likeness (QED) is 0.820. The molecule has 1 aromatic heterocycles. The lowest BCUT2D eigenvalue weighted by Gasteiger charge is -2.16. The van der Waals surface area contributed by atoms with Gasteiger partial charge in [-0.2, -0.15) is 0 Å². The average molecular weight is 295 g/mol. The van der Waals surface area contributed by atoms with Gasteiger partial charge in [0.1, 0.15) is 0 Å². The maximum atomic E-state index is 5.74. The van der Waals surface area contributed by atoms with Gasteiger partial charge < -0.3 is 9.30 Å². The van der Waals surface area contributed by atoms with Crippen LogP contribution in [0.5, 0.6) is 5.88 Å². The largest absolute Gasteiger partial charge is 0.482 e. The van der Waals surface area contributed by atoms with Crippen LogP contribution in [0.4, 0.5) is 0 Å². The first-order valence-corrected chi connectivity index (χ1v) is 8.46. The van der Waals surface area contributed by atoms with Crippen LogP contribution in [0.1, 0.15) is 54.5 Å². The van der Waals surface area contributed by atoms with Gasteiger partial charge >= 0.3 is 0 Å². The molecule has 0 bridgehead atoms. The van der Waals surface area contributed by atoms with Crippen LogP contribution >= 0.6 is 0 Å². The average Bonchev–Trinajstić information content (AvgIpc) is 3.14. The lowest BCUT2D eigenvalue weighted by molar-refractivity contribution is 0.374. The Bertz CT molecular complexity index is 700. The van der Waals surface area contributed by atoms with Crippen molar-refractivity contribution in [1.82, 2.24) is 4.57 Å². The molecule has 2 atom stereocenters. The van der Waals surface area contributed by atoms with Crippen LogP contribution in [-0.2, 0) is 25.3 Å². The molecule has 2 heteroatoms. The summed E-state index contributed by atoms with van der Waals surface area (Å²) in [4.78, 5) is 0. The topological polar surface area (TPSA) is 14.2 Å². The van der Waals surface area contributed by atoms with E-state index in [2.05, 4.69) is 48.9 Å². The van der Waals surface area contributed by atoms with Crippen LogP contribution in [0, 0.1) is 0 Å². The fraction of sp³-hybridized carbons (Fsp3) is 0.500. The van der Waals surface area contributed by atoms with Gasteiger partial charge in [-0.05, 0) is 43.2 Å². The molecule has 2 unspecified atom stereocenters. The van der Waals surface area contributed by atoms with E-state index in [-0.39, 0.29) is 0 Å². The Kier molecular flexibility index (Phi) is 3.11. The maximum absolute atomic E-state index is 5.74. The van der Waals surface area contributed by atoms with Crippen molar-refractivity contribution in [3.05, 3.63) is 52.7 Å². The summed E-state index contributed by atoms with van der Waals surface area (Å²) < 4.78 is 8.08. The zero-order valence-electron chi connectivity index (χ0n) is 13.9. The highest BCUT2D eigenvalue weighted by molar-refractivity contribution is 5.51. The molecule has 1 aromatic carbocycles. The van der Waals surface area contributed by atoms with Gasteiger partial charge in [0.15, 0.2) is 5.88 Å². The van der Waals surface area contributed by atoms with E-state index in [0.717, 1.165) is 5.88 Å². The molecule has 0 spiro atoms. The Morgan fingerprint density at radius 1 is 1.09 bits per heavy atom. The monoisotopic (exact) mass is 295 g/mol. The van der Waals surface area contributed by atoms with Crippen molar-refractivity contribution in [1.29, 1.82) is 0 Å². The van der Waals surface area contributed by atoms with Crippen molar-refractivity contribution in [2.45, 2.75) is 50.4 Å². The fourth-order valence-electron chi connectivity index (χ4n) is 4.54. The number of hydrogen-bond acceptors (Lipinski definition) is 1. The summed E-state index contributed by atoms with van der Waals surface area (Å²) >= 11 is 0. The second kappa shape index (κ2) is 4.91. The Balaban J connectivity index is 1.78. The zero-order valence-corrected chi connectivity index (χ0v) is 13.9. The van der Waals surface area contributed by atoms with Crippen molar-refractivity contribution < 1.29 is 4.74 Å². The van der Waals surface area contributed by atoms with E-state index in [1.165, 1.54) is 48.9 Å². The highest BCUT2D eigenvalue weighted by Gasteiger charge is 2.54. The molecule has 0 N–H and O–H groups in total. The molecule has 0 amide bonds. The second-order valence-electron chi connectivity index (χ2n) is 7.16. The summed E-state index contributed by atoms with van der Waals surface area (Å²) in [6.45, 7) is 2.42. The summed E-state index contributed by atoms with van der Waals surface area (Å²) in [5.41, 5.74) is 6.38. The van der Waals surface area contributed by atoms with Crippen molar-refractivity contribution >= 4 is 0 Å². The SMILES string of the molecule is COc1c2c(c(C3CC3(C)c3ccccc3)n1C)CCCC2. The van der Waals surface area contributed by atoms with Crippen molar-refractivity contribution in [2.75, 3.05) is 7.11 Å². The lowest BCUT2D eigenvalue weighted by Crippen LogP contribution is -2.08. The van der Waals surface area contributed by atoms with Gasteiger partial charge in [0.2, 0.25) is 0 Å². The highest BCUT2D eigenvalue weighted by Crippen LogP contribution is 2.62. The van der Waals surface area contributed by atoms with Crippen LogP contribution in [0.2, 0.25) is 0 Å². The molecule has 1 heterocycles. The van der Waals surface area contributed by atoms with E-state index < -0.39 is 0 Å². The molecule has 1 fully saturated rings. The van der Waals surface area contributed by atoms with E-state index in [9.17, 15) is 0 Å². The Hall–Kier alpha value is -1.70. The Morgan fingerprint density at radius 2 is 1.77 bits per heavy atom. The van der Waals surface area contributed by atoms with Crippen molar-refractivity contribution in [2.24, 2.45) is 7.05 Å². The molecule has 0 aliphatic heterocycles. The minimum atomic E-state index is 0.295. The highest BCUT2D eigenvalue weighted by atomic mass is 16.5. The first-order chi connectivity index (χ1) is 10.7. The molecular formula is C20H25NO. The van der Waals surface area contributed by atoms with Gasteiger partial charge in [-0.15, -0.1) is 0 Å². The Labute approximate surface area is 133 Å². The molecule has 116 valence electrons. The molecule has 2 nitrogen and oxygen atoms in total. The molecule has 0 saturated heterocycles. The number of fused-ring (bicyclic) bond motifs is 1. The van der Waals surface area contributed by atoms with Crippen LogP contribution in [-0.4, -0.2) is 11.7 Å². The predicted molar refractivity (Wildman–Crippen MR) is 89.8 cm³/mol. The van der Waals surface area contributed by atoms with E-state index in [4.69, 9.17) is 4.74 Å². The van der Waals surface area contributed by atoms with Crippen LogP contribution in [0.15, 0.2) is 30.3 Å². The minimum absolute atomic E-state index is 0.295. The first-order valence-electron chi connectivity index (χ1n) is 8.46. The molecule has 2 aromatic rings. The van der Waals surface area contributed by atoms with E-state index in [1.807, 2.05) is 7.11 Å². The molecule has 2 aliphatic carbocycles. The molecule has 4 rings (SSSR count). The number of hydrogen-bond donors (Lipinski definition) is 0. The normalized spacial score (nSPS) is 26.6. The molecule has 0 radical (unpaired) electrons. The third-order valence-electron chi connectivity index (χ3n) is 5.89. The maximum Gasteiger partial charge on any atom is 0.196 e. The van der Waals surface area contributed by atoms with Gasteiger partial charge in [0.05, 0.1) is 7.11 Å². The zero-order chi connectivity index (χ0) is 15.3. The molecule has 2 aliphatic rings. The van der Waals surface area contributed by atoms with Gasteiger partial charge in [-0.3, -0.25) is 0 Å². The fourth-order valence-corrected chi connectivity index (χ4v) is 4.54. The number of methoxy groups -OCH3 is 1. The standard InChI is InChI=1S/C20H25NO/c1-20(14-9-5-4-6-10-14)13-17(20)18-15-11-7-8-12-16(15)19(22-3)21(18)2/h4-6,9-10,17H,7-8,11-13H2,1-3H3. The lowest BCUT2D eigenvalue weighted by atomic mass is 9.89. The van der Waals surface area contributed by atoms with E-state index in [1.54, 1.807) is 5.56 Å². The van der Waals surface area contributed by atoms with Crippen LogP contribution < -0.4 is 4.74 Å². The molecule has 1 saturated carbocycles. The van der Waals surface area contributed by atoms with Crippen LogP contribution in [0.25, 0.3) is 0 Å². The number of aromatic nitrogens is 1. The number of nitrogens with zero attached hydrogens (tertiary/aromatic N) is 1. The minimum Gasteiger partial charge on any atom is -0.482 e. The smallest absolute Gasteiger partial charge is 0.196 e. The van der Waals surface area contributed by atoms with E-state index >= 15 is 0 Å². The number of benzene rings is 1. The summed E-state index contributed by atoms with van der Waals surface area (Å²) in [7, 11) is 4.01. The summed E-state index contributed by atoms with van der Waals surface area (Å²) in [6.07, 6.45) is 6.28. The summed E-state index contributed by atoms with van der Waals surface area (Å²) in [5.74, 6) is 1.74. The third-order valence-corrected chi connectivity index (χ3v) is 5.89. The second-order valence-corrected chi connectivity index (χ2v) is 7.16. The summed E-state index contributed by atoms with van der Waals surface area (Å²) in [6, 6.07) is 11.0. The van der Waals surface area contributed by atoms with Gasteiger partial charge in [-0.1, -0.05) is 37.3 Å². The Morgan fingerprint density at radius 3 is 2.45 bits per heavy atom. The van der Waals surface area contributed by atoms with Gasteiger partial charge in [0, 0.05) is 29.6 Å². The van der Waals surface area contributed by atoms with Crippen molar-refractivity contribution in [3.8, 4) is 5.88 Å². The first kappa shape index (κ1) is 13.9. The van der Waals surface area contributed by atoms with E-state index in [0.29, 0.717) is 11.3 Å².